The first kappa shape index (κ1) is 27.3. The molecule has 1 amide bonds. The zero-order chi connectivity index (χ0) is 26.5. The summed E-state index contributed by atoms with van der Waals surface area (Å²) in [6, 6.07) is 23.5. The van der Waals surface area contributed by atoms with E-state index in [2.05, 4.69) is 5.32 Å². The number of aliphatic hydroxyl groups excluding tert-OH is 1. The second-order valence-electron chi connectivity index (χ2n) is 8.25. The van der Waals surface area contributed by atoms with Crippen LogP contribution in [0.15, 0.2) is 91.0 Å². The molecule has 0 aliphatic heterocycles. The Morgan fingerprint density at radius 1 is 0.946 bits per heavy atom. The fourth-order valence-corrected chi connectivity index (χ4v) is 3.57. The largest absolute Gasteiger partial charge is 0.491 e. The number of carboxylic acids is 1. The van der Waals surface area contributed by atoms with Crippen LogP contribution < -0.4 is 14.8 Å². The van der Waals surface area contributed by atoms with Crippen LogP contribution in [0.4, 0.5) is 10.5 Å². The van der Waals surface area contributed by atoms with Gasteiger partial charge in [-0.25, -0.2) is 9.59 Å². The number of aryl methyl sites for hydroxylation is 1. The molecular weight excluding hydrogens is 474 g/mol. The Balaban J connectivity index is 1.87. The SMILES string of the molecule is Cc1ccc(NC(=O)O[C@H](c2ccc(OCCO)cc2)[C@@H](CC/C=C/C(=O)O)Oc2ccccc2)cc1. The third kappa shape index (κ3) is 9.35. The number of hydrogen-bond donors (Lipinski definition) is 3. The molecule has 0 saturated carbocycles. The third-order valence-corrected chi connectivity index (χ3v) is 5.35. The van der Waals surface area contributed by atoms with Crippen LogP contribution in [0.1, 0.15) is 30.1 Å². The van der Waals surface area contributed by atoms with Crippen molar-refractivity contribution in [2.24, 2.45) is 0 Å². The van der Waals surface area contributed by atoms with Gasteiger partial charge in [-0.15, -0.1) is 0 Å². The number of allylic oxidation sites excluding steroid dienone is 1. The average molecular weight is 506 g/mol. The Labute approximate surface area is 216 Å². The molecule has 3 N–H and O–H groups in total. The molecule has 0 aliphatic rings. The number of anilines is 1. The molecule has 0 aliphatic carbocycles. The van der Waals surface area contributed by atoms with Crippen LogP contribution >= 0.6 is 0 Å². The van der Waals surface area contributed by atoms with E-state index in [1.54, 1.807) is 54.6 Å². The van der Waals surface area contributed by atoms with Crippen molar-refractivity contribution in [3.05, 3.63) is 102 Å². The maximum atomic E-state index is 12.9. The van der Waals surface area contributed by atoms with Gasteiger partial charge in [-0.05, 0) is 61.7 Å². The van der Waals surface area contributed by atoms with Crippen molar-refractivity contribution >= 4 is 17.7 Å². The molecule has 8 heteroatoms. The zero-order valence-corrected chi connectivity index (χ0v) is 20.6. The summed E-state index contributed by atoms with van der Waals surface area (Å²) in [5, 5.41) is 20.7. The van der Waals surface area contributed by atoms with Gasteiger partial charge in [0.05, 0.1) is 6.61 Å². The Bertz CT molecular complexity index is 1150. The van der Waals surface area contributed by atoms with Crippen LogP contribution in [0.5, 0.6) is 11.5 Å². The standard InChI is InChI=1S/C29H31NO7/c1-21-11-15-23(16-12-21)30-29(34)37-28(22-13-17-24(18-14-22)35-20-19-31)26(9-5-6-10-27(32)33)36-25-7-3-2-4-8-25/h2-4,6-8,10-18,26,28,31H,5,9,19-20H2,1H3,(H,30,34)(H,32,33)/b10-6+/t26-,28-/m1/s1. The average Bonchev–Trinajstić information content (AvgIpc) is 2.90. The number of carbonyl (C=O) groups excluding carboxylic acids is 1. The van der Waals surface area contributed by atoms with E-state index in [1.807, 2.05) is 37.3 Å². The quantitative estimate of drug-likeness (QED) is 0.262. The summed E-state index contributed by atoms with van der Waals surface area (Å²) in [5.41, 5.74) is 2.32. The van der Waals surface area contributed by atoms with Crippen LogP contribution in [0.3, 0.4) is 0 Å². The molecule has 3 aromatic carbocycles. The first-order chi connectivity index (χ1) is 17.9. The molecule has 0 saturated heterocycles. The molecule has 8 nitrogen and oxygen atoms in total. The molecule has 0 unspecified atom stereocenters. The first-order valence-electron chi connectivity index (χ1n) is 11.9. The maximum Gasteiger partial charge on any atom is 0.412 e. The van der Waals surface area contributed by atoms with E-state index in [-0.39, 0.29) is 13.2 Å². The number of carboxylic acid groups (broad SMARTS) is 1. The highest BCUT2D eigenvalue weighted by molar-refractivity contribution is 5.84. The molecule has 3 rings (SSSR count). The topological polar surface area (TPSA) is 114 Å². The van der Waals surface area contributed by atoms with E-state index in [9.17, 15) is 9.59 Å². The van der Waals surface area contributed by atoms with E-state index < -0.39 is 24.3 Å². The highest BCUT2D eigenvalue weighted by atomic mass is 16.6. The van der Waals surface area contributed by atoms with Crippen molar-refractivity contribution in [2.45, 2.75) is 32.0 Å². The number of benzene rings is 3. The van der Waals surface area contributed by atoms with Crippen LogP contribution in [-0.4, -0.2) is 41.6 Å². The van der Waals surface area contributed by atoms with Gasteiger partial charge < -0.3 is 24.4 Å². The molecule has 0 heterocycles. The predicted octanol–water partition coefficient (Wildman–Crippen LogP) is 5.52. The van der Waals surface area contributed by atoms with Crippen molar-refractivity contribution in [3.8, 4) is 11.5 Å². The lowest BCUT2D eigenvalue weighted by molar-refractivity contribution is -0.131. The van der Waals surface area contributed by atoms with Crippen molar-refractivity contribution in [1.29, 1.82) is 0 Å². The van der Waals surface area contributed by atoms with Gasteiger partial charge >= 0.3 is 12.1 Å². The summed E-state index contributed by atoms with van der Waals surface area (Å²) in [4.78, 5) is 23.8. The summed E-state index contributed by atoms with van der Waals surface area (Å²) in [6.45, 7) is 2.01. The van der Waals surface area contributed by atoms with E-state index in [0.717, 1.165) is 11.6 Å². The van der Waals surface area contributed by atoms with Gasteiger partial charge in [0.1, 0.15) is 24.2 Å². The molecule has 37 heavy (non-hydrogen) atoms. The Morgan fingerprint density at radius 3 is 2.30 bits per heavy atom. The minimum absolute atomic E-state index is 0.108. The van der Waals surface area contributed by atoms with Gasteiger partial charge in [-0.2, -0.15) is 0 Å². The van der Waals surface area contributed by atoms with Crippen LogP contribution in [-0.2, 0) is 9.53 Å². The Morgan fingerprint density at radius 2 is 1.65 bits per heavy atom. The normalized spacial score (nSPS) is 12.5. The monoisotopic (exact) mass is 505 g/mol. The fraction of sp³-hybridized carbons (Fsp3) is 0.241. The maximum absolute atomic E-state index is 12.9. The molecule has 0 fully saturated rings. The summed E-state index contributed by atoms with van der Waals surface area (Å²) < 4.78 is 17.6. The lowest BCUT2D eigenvalue weighted by Crippen LogP contribution is -2.31. The summed E-state index contributed by atoms with van der Waals surface area (Å²) in [5.74, 6) is 0.111. The van der Waals surface area contributed by atoms with Crippen LogP contribution in [0.25, 0.3) is 0 Å². The van der Waals surface area contributed by atoms with Crippen molar-refractivity contribution < 1.29 is 34.0 Å². The van der Waals surface area contributed by atoms with Crippen molar-refractivity contribution in [2.75, 3.05) is 18.5 Å². The number of para-hydroxylation sites is 1. The van der Waals surface area contributed by atoms with Gasteiger partial charge in [0.25, 0.3) is 0 Å². The van der Waals surface area contributed by atoms with E-state index >= 15 is 0 Å². The Hall–Kier alpha value is -4.30. The highest BCUT2D eigenvalue weighted by Gasteiger charge is 2.29. The van der Waals surface area contributed by atoms with E-state index in [4.69, 9.17) is 24.4 Å². The van der Waals surface area contributed by atoms with Crippen LogP contribution in [0, 0.1) is 6.92 Å². The van der Waals surface area contributed by atoms with E-state index in [1.165, 1.54) is 0 Å². The number of hydrogen-bond acceptors (Lipinski definition) is 6. The number of aliphatic carboxylic acids is 1. The molecule has 0 bridgehead atoms. The number of ether oxygens (including phenoxy) is 3. The van der Waals surface area contributed by atoms with Gasteiger partial charge in [0, 0.05) is 11.8 Å². The lowest BCUT2D eigenvalue weighted by Gasteiger charge is -2.28. The van der Waals surface area contributed by atoms with Crippen molar-refractivity contribution in [1.82, 2.24) is 0 Å². The van der Waals surface area contributed by atoms with E-state index in [0.29, 0.717) is 35.6 Å². The predicted molar refractivity (Wildman–Crippen MR) is 140 cm³/mol. The number of carbonyl (C=O) groups is 2. The molecule has 3 aromatic rings. The number of amides is 1. The highest BCUT2D eigenvalue weighted by Crippen LogP contribution is 2.30. The molecule has 0 radical (unpaired) electrons. The molecule has 2 atom stereocenters. The minimum Gasteiger partial charge on any atom is -0.491 e. The second kappa shape index (κ2) is 14.3. The first-order valence-corrected chi connectivity index (χ1v) is 11.9. The minimum atomic E-state index is -1.04. The summed E-state index contributed by atoms with van der Waals surface area (Å²) >= 11 is 0. The van der Waals surface area contributed by atoms with Crippen LogP contribution in [0.2, 0.25) is 0 Å². The summed E-state index contributed by atoms with van der Waals surface area (Å²) in [6.07, 6.45) is 1.28. The van der Waals surface area contributed by atoms with Gasteiger partial charge in [-0.3, -0.25) is 5.32 Å². The molecular formula is C29H31NO7. The smallest absolute Gasteiger partial charge is 0.412 e. The molecule has 194 valence electrons. The lowest BCUT2D eigenvalue weighted by atomic mass is 10.00. The molecule has 0 spiro atoms. The Kier molecular flexibility index (Phi) is 10.6. The van der Waals surface area contributed by atoms with Gasteiger partial charge in [0.15, 0.2) is 6.10 Å². The van der Waals surface area contributed by atoms with Gasteiger partial charge in [0.2, 0.25) is 0 Å². The van der Waals surface area contributed by atoms with Gasteiger partial charge in [-0.1, -0.05) is 54.1 Å². The second-order valence-corrected chi connectivity index (χ2v) is 8.25. The number of aliphatic hydroxyl groups is 1. The zero-order valence-electron chi connectivity index (χ0n) is 20.6. The third-order valence-electron chi connectivity index (χ3n) is 5.35. The summed E-state index contributed by atoms with van der Waals surface area (Å²) in [7, 11) is 0. The number of nitrogens with one attached hydrogen (secondary N) is 1. The molecule has 0 aromatic heterocycles. The number of rotatable bonds is 13. The fourth-order valence-electron chi connectivity index (χ4n) is 3.57. The van der Waals surface area contributed by atoms with Crippen molar-refractivity contribution in [3.63, 3.8) is 0 Å².